The van der Waals surface area contributed by atoms with Gasteiger partial charge >= 0.3 is 0 Å². The molecule has 1 aliphatic carbocycles. The molecule has 0 aliphatic heterocycles. The largest absolute Gasteiger partial charge is 0.339 e. The third-order valence-electron chi connectivity index (χ3n) is 3.00. The van der Waals surface area contributed by atoms with E-state index < -0.39 is 0 Å². The fraction of sp³-hybridized carbons (Fsp3) is 0.615. The molecule has 0 aromatic carbocycles. The van der Waals surface area contributed by atoms with Gasteiger partial charge in [0.1, 0.15) is 0 Å². The maximum Gasteiger partial charge on any atom is 0.226 e. The second-order valence-corrected chi connectivity index (χ2v) is 6.28. The predicted molar refractivity (Wildman–Crippen MR) is 72.9 cm³/mol. The Balaban J connectivity index is 1.59. The highest BCUT2D eigenvalue weighted by atomic mass is 32.2. The van der Waals surface area contributed by atoms with Crippen molar-refractivity contribution in [2.75, 3.05) is 0 Å². The molecule has 5 nitrogen and oxygen atoms in total. The van der Waals surface area contributed by atoms with E-state index in [2.05, 4.69) is 39.7 Å². The fourth-order valence-corrected chi connectivity index (χ4v) is 2.82. The van der Waals surface area contributed by atoms with Crippen molar-refractivity contribution in [3.05, 3.63) is 24.1 Å². The van der Waals surface area contributed by atoms with Gasteiger partial charge in [0.05, 0.1) is 5.75 Å². The predicted octanol–water partition coefficient (Wildman–Crippen LogP) is 3.09. The second kappa shape index (κ2) is 5.36. The van der Waals surface area contributed by atoms with Crippen LogP contribution >= 0.6 is 11.8 Å². The Kier molecular flexibility index (Phi) is 3.59. The molecule has 1 fully saturated rings. The van der Waals surface area contributed by atoms with Gasteiger partial charge in [-0.3, -0.25) is 0 Å². The monoisotopic (exact) mass is 278 g/mol. The molecule has 6 heteroatoms. The molecule has 2 heterocycles. The zero-order valence-electron chi connectivity index (χ0n) is 11.2. The van der Waals surface area contributed by atoms with E-state index in [1.807, 2.05) is 6.20 Å². The van der Waals surface area contributed by atoms with E-state index in [4.69, 9.17) is 4.52 Å². The molecule has 0 unspecified atom stereocenters. The first kappa shape index (κ1) is 12.7. The summed E-state index contributed by atoms with van der Waals surface area (Å²) < 4.78 is 7.48. The van der Waals surface area contributed by atoms with Crippen LogP contribution in [0.2, 0.25) is 0 Å². The van der Waals surface area contributed by atoms with E-state index >= 15 is 0 Å². The molecule has 0 saturated heterocycles. The summed E-state index contributed by atoms with van der Waals surface area (Å²) in [6.07, 6.45) is 7.30. The number of aromatic nitrogens is 4. The molecule has 0 amide bonds. The van der Waals surface area contributed by atoms with Crippen molar-refractivity contribution in [3.8, 4) is 0 Å². The van der Waals surface area contributed by atoms with Crippen LogP contribution in [0.25, 0.3) is 0 Å². The van der Waals surface area contributed by atoms with E-state index in [-0.39, 0.29) is 0 Å². The average molecular weight is 278 g/mol. The number of rotatable bonds is 6. The molecule has 0 N–H and O–H groups in total. The van der Waals surface area contributed by atoms with E-state index in [1.165, 1.54) is 12.8 Å². The quantitative estimate of drug-likeness (QED) is 0.760. The lowest BCUT2D eigenvalue weighted by atomic mass is 10.1. The summed E-state index contributed by atoms with van der Waals surface area (Å²) in [7, 11) is 0. The molecule has 1 aliphatic rings. The Hall–Kier alpha value is -1.30. The van der Waals surface area contributed by atoms with Gasteiger partial charge < -0.3 is 9.09 Å². The summed E-state index contributed by atoms with van der Waals surface area (Å²) in [6, 6.07) is 0.659. The Labute approximate surface area is 116 Å². The van der Waals surface area contributed by atoms with Gasteiger partial charge in [-0.25, -0.2) is 4.98 Å². The van der Waals surface area contributed by atoms with Crippen LogP contribution in [0.3, 0.4) is 0 Å². The number of hydrogen-bond donors (Lipinski definition) is 0. The van der Waals surface area contributed by atoms with Gasteiger partial charge in [-0.15, -0.1) is 0 Å². The Morgan fingerprint density at radius 2 is 2.32 bits per heavy atom. The minimum absolute atomic E-state index is 0.537. The highest BCUT2D eigenvalue weighted by Crippen LogP contribution is 2.38. The number of hydrogen-bond acceptors (Lipinski definition) is 5. The SMILES string of the molecule is CC(C)Cc1nc(CSc2nccn2C2CC2)no1. The van der Waals surface area contributed by atoms with Gasteiger partial charge in [-0.1, -0.05) is 30.8 Å². The van der Waals surface area contributed by atoms with Crippen LogP contribution in [0.5, 0.6) is 0 Å². The Morgan fingerprint density at radius 3 is 3.05 bits per heavy atom. The molecule has 3 rings (SSSR count). The maximum absolute atomic E-state index is 5.23. The van der Waals surface area contributed by atoms with Crippen LogP contribution in [0.1, 0.15) is 44.4 Å². The first-order chi connectivity index (χ1) is 9.22. The van der Waals surface area contributed by atoms with Crippen molar-refractivity contribution < 1.29 is 4.52 Å². The van der Waals surface area contributed by atoms with Crippen LogP contribution in [0, 0.1) is 5.92 Å². The summed E-state index contributed by atoms with van der Waals surface area (Å²) in [4.78, 5) is 8.79. The molecule has 2 aromatic rings. The maximum atomic E-state index is 5.23. The van der Waals surface area contributed by atoms with Gasteiger partial charge in [0.15, 0.2) is 11.0 Å². The summed E-state index contributed by atoms with van der Waals surface area (Å²) in [5.41, 5.74) is 0. The third kappa shape index (κ3) is 3.18. The lowest BCUT2D eigenvalue weighted by molar-refractivity contribution is 0.360. The molecule has 102 valence electrons. The molecular formula is C13H18N4OS. The van der Waals surface area contributed by atoms with Crippen molar-refractivity contribution in [2.45, 2.75) is 50.1 Å². The van der Waals surface area contributed by atoms with Crippen LogP contribution in [0.15, 0.2) is 22.1 Å². The van der Waals surface area contributed by atoms with Gasteiger partial charge in [0.2, 0.25) is 5.89 Å². The topological polar surface area (TPSA) is 56.7 Å². The molecule has 0 atom stereocenters. The van der Waals surface area contributed by atoms with Gasteiger partial charge in [0, 0.05) is 24.9 Å². The van der Waals surface area contributed by atoms with E-state index in [9.17, 15) is 0 Å². The third-order valence-corrected chi connectivity index (χ3v) is 3.97. The van der Waals surface area contributed by atoms with Crippen molar-refractivity contribution in [1.29, 1.82) is 0 Å². The smallest absolute Gasteiger partial charge is 0.226 e. The molecule has 0 spiro atoms. The normalized spacial score (nSPS) is 15.3. The lowest BCUT2D eigenvalue weighted by Gasteiger charge is -2.03. The molecule has 1 saturated carbocycles. The van der Waals surface area contributed by atoms with Crippen molar-refractivity contribution in [1.82, 2.24) is 19.7 Å². The number of imidazole rings is 1. The zero-order valence-corrected chi connectivity index (χ0v) is 12.1. The summed E-state index contributed by atoms with van der Waals surface area (Å²) in [5.74, 6) is 2.74. The molecule has 19 heavy (non-hydrogen) atoms. The zero-order chi connectivity index (χ0) is 13.2. The van der Waals surface area contributed by atoms with Crippen LogP contribution in [0.4, 0.5) is 0 Å². The van der Waals surface area contributed by atoms with Gasteiger partial charge in [-0.2, -0.15) is 4.98 Å². The minimum Gasteiger partial charge on any atom is -0.339 e. The van der Waals surface area contributed by atoms with Crippen LogP contribution in [-0.4, -0.2) is 19.7 Å². The van der Waals surface area contributed by atoms with Gasteiger partial charge in [-0.05, 0) is 18.8 Å². The first-order valence-corrected chi connectivity index (χ1v) is 7.68. The molecule has 2 aromatic heterocycles. The van der Waals surface area contributed by atoms with E-state index in [0.717, 1.165) is 23.3 Å². The Bertz CT molecular complexity index is 544. The van der Waals surface area contributed by atoms with Crippen molar-refractivity contribution in [3.63, 3.8) is 0 Å². The van der Waals surface area contributed by atoms with E-state index in [1.54, 1.807) is 11.8 Å². The van der Waals surface area contributed by atoms with Crippen LogP contribution < -0.4 is 0 Å². The molecule has 0 radical (unpaired) electrons. The average Bonchev–Trinajstić information content (AvgIpc) is 2.94. The summed E-state index contributed by atoms with van der Waals surface area (Å²) in [6.45, 7) is 4.29. The van der Waals surface area contributed by atoms with Crippen LogP contribution in [-0.2, 0) is 12.2 Å². The standard InChI is InChI=1S/C13H18N4OS/c1-9(2)7-12-15-11(16-18-12)8-19-13-14-5-6-17(13)10-3-4-10/h5-6,9-10H,3-4,7-8H2,1-2H3. The lowest BCUT2D eigenvalue weighted by Crippen LogP contribution is -1.96. The van der Waals surface area contributed by atoms with Crippen molar-refractivity contribution >= 4 is 11.8 Å². The van der Waals surface area contributed by atoms with Crippen molar-refractivity contribution in [2.24, 2.45) is 5.92 Å². The summed E-state index contributed by atoms with van der Waals surface area (Å²) >= 11 is 1.67. The fourth-order valence-electron chi connectivity index (χ4n) is 1.95. The Morgan fingerprint density at radius 1 is 1.47 bits per heavy atom. The van der Waals surface area contributed by atoms with Gasteiger partial charge in [0.25, 0.3) is 0 Å². The van der Waals surface area contributed by atoms with E-state index in [0.29, 0.717) is 17.7 Å². The number of nitrogens with zero attached hydrogens (tertiary/aromatic N) is 4. The molecular weight excluding hydrogens is 260 g/mol. The first-order valence-electron chi connectivity index (χ1n) is 6.69. The summed E-state index contributed by atoms with van der Waals surface area (Å²) in [5, 5.41) is 5.07. The highest BCUT2D eigenvalue weighted by Gasteiger charge is 2.25. The minimum atomic E-state index is 0.537. The molecule has 0 bridgehead atoms. The second-order valence-electron chi connectivity index (χ2n) is 5.34. The highest BCUT2D eigenvalue weighted by molar-refractivity contribution is 7.98. The number of thioether (sulfide) groups is 1.